The largest absolute Gasteiger partial charge is 0.396 e. The molecule has 4 N–H and O–H groups in total. The number of hydrogen-bond acceptors (Lipinski definition) is 8. The minimum Gasteiger partial charge on any atom is -0.396 e. The molecule has 1 aromatic rings. The van der Waals surface area contributed by atoms with E-state index < -0.39 is 4.92 Å². The standard InChI is InChI=1S/C10H15N5O4/c11-9-8(15(17)18)10(13-5-12-9)14-7-2-1-6(19-7)3-4-16/h5-7,16H,1-4H2,(H3,11,12,13,14)/t6-,7?/m0/s1. The number of nitrogens with one attached hydrogen (secondary N) is 1. The maximum Gasteiger partial charge on any atom is 0.353 e. The Balaban J connectivity index is 2.08. The van der Waals surface area contributed by atoms with Gasteiger partial charge in [0.2, 0.25) is 11.6 Å². The van der Waals surface area contributed by atoms with Crippen molar-refractivity contribution in [2.45, 2.75) is 31.6 Å². The molecule has 2 heterocycles. The summed E-state index contributed by atoms with van der Waals surface area (Å²) in [7, 11) is 0. The van der Waals surface area contributed by atoms with Crippen molar-refractivity contribution in [2.75, 3.05) is 17.7 Å². The molecule has 0 saturated carbocycles. The van der Waals surface area contributed by atoms with E-state index in [1.54, 1.807) is 0 Å². The number of aliphatic hydroxyl groups is 1. The van der Waals surface area contributed by atoms with Crippen molar-refractivity contribution in [1.29, 1.82) is 0 Å². The molecule has 0 radical (unpaired) electrons. The van der Waals surface area contributed by atoms with Crippen molar-refractivity contribution < 1.29 is 14.8 Å². The van der Waals surface area contributed by atoms with Crippen LogP contribution in [0.3, 0.4) is 0 Å². The van der Waals surface area contributed by atoms with E-state index in [2.05, 4.69) is 15.3 Å². The molecule has 9 nitrogen and oxygen atoms in total. The fourth-order valence-electron chi connectivity index (χ4n) is 2.00. The predicted molar refractivity (Wildman–Crippen MR) is 66.3 cm³/mol. The normalized spacial score (nSPS) is 22.4. The van der Waals surface area contributed by atoms with Gasteiger partial charge in [-0.25, -0.2) is 9.97 Å². The highest BCUT2D eigenvalue weighted by Crippen LogP contribution is 2.29. The molecule has 9 heteroatoms. The zero-order valence-electron chi connectivity index (χ0n) is 10.2. The van der Waals surface area contributed by atoms with E-state index in [-0.39, 0.29) is 36.3 Å². The molecule has 0 aliphatic carbocycles. The maximum absolute atomic E-state index is 10.9. The Kier molecular flexibility index (Phi) is 4.07. The van der Waals surface area contributed by atoms with E-state index in [1.807, 2.05) is 0 Å². The molecule has 1 saturated heterocycles. The summed E-state index contributed by atoms with van der Waals surface area (Å²) in [5, 5.41) is 22.6. The van der Waals surface area contributed by atoms with Crippen LogP contribution in [0.5, 0.6) is 0 Å². The van der Waals surface area contributed by atoms with Gasteiger partial charge < -0.3 is 20.9 Å². The Morgan fingerprint density at radius 2 is 2.37 bits per heavy atom. The van der Waals surface area contributed by atoms with Crippen LogP contribution in [0.4, 0.5) is 17.3 Å². The molecule has 1 aliphatic heterocycles. The molecule has 0 spiro atoms. The van der Waals surface area contributed by atoms with Gasteiger partial charge >= 0.3 is 5.69 Å². The number of nitro groups is 1. The number of aromatic nitrogens is 2. The molecule has 19 heavy (non-hydrogen) atoms. The highest BCUT2D eigenvalue weighted by molar-refractivity contribution is 5.67. The van der Waals surface area contributed by atoms with Gasteiger partial charge in [0.1, 0.15) is 12.6 Å². The third kappa shape index (κ3) is 3.06. The number of rotatable bonds is 5. The SMILES string of the molecule is Nc1ncnc(NC2CC[C@@H](CCO)O2)c1[N+](=O)[O-]. The lowest BCUT2D eigenvalue weighted by molar-refractivity contribution is -0.383. The van der Waals surface area contributed by atoms with Crippen molar-refractivity contribution in [2.24, 2.45) is 0 Å². The topological polar surface area (TPSA) is 136 Å². The summed E-state index contributed by atoms with van der Waals surface area (Å²) in [6.07, 6.45) is 2.76. The Hall–Kier alpha value is -2.00. The summed E-state index contributed by atoms with van der Waals surface area (Å²) in [6, 6.07) is 0. The fraction of sp³-hybridized carbons (Fsp3) is 0.600. The molecule has 1 unspecified atom stereocenters. The molecule has 0 amide bonds. The summed E-state index contributed by atoms with van der Waals surface area (Å²) in [4.78, 5) is 17.7. The first kappa shape index (κ1) is 13.4. The van der Waals surface area contributed by atoms with Crippen LogP contribution < -0.4 is 11.1 Å². The van der Waals surface area contributed by atoms with Crippen LogP contribution in [-0.4, -0.2) is 38.9 Å². The Bertz CT molecular complexity index is 469. The molecule has 1 aliphatic rings. The average molecular weight is 269 g/mol. The van der Waals surface area contributed by atoms with E-state index in [9.17, 15) is 10.1 Å². The Morgan fingerprint density at radius 3 is 3.05 bits per heavy atom. The maximum atomic E-state index is 10.9. The third-order valence-corrected chi connectivity index (χ3v) is 2.89. The molecule has 0 bridgehead atoms. The minimum absolute atomic E-state index is 0.0410. The predicted octanol–water partition coefficient (Wildman–Crippen LogP) is 0.266. The number of nitrogen functional groups attached to an aromatic ring is 1. The lowest BCUT2D eigenvalue weighted by Crippen LogP contribution is -2.22. The third-order valence-electron chi connectivity index (χ3n) is 2.89. The summed E-state index contributed by atoms with van der Waals surface area (Å²) < 4.78 is 5.59. The number of ether oxygens (including phenoxy) is 1. The Labute approximate surface area is 109 Å². The van der Waals surface area contributed by atoms with Crippen LogP contribution in [0, 0.1) is 10.1 Å². The molecule has 2 rings (SSSR count). The van der Waals surface area contributed by atoms with Gasteiger partial charge in [-0.15, -0.1) is 0 Å². The number of nitrogens with two attached hydrogens (primary N) is 1. The van der Waals surface area contributed by atoms with E-state index in [4.69, 9.17) is 15.6 Å². The lowest BCUT2D eigenvalue weighted by atomic mass is 10.2. The van der Waals surface area contributed by atoms with Crippen molar-refractivity contribution in [1.82, 2.24) is 9.97 Å². The van der Waals surface area contributed by atoms with E-state index in [1.165, 1.54) is 0 Å². The van der Waals surface area contributed by atoms with E-state index >= 15 is 0 Å². The van der Waals surface area contributed by atoms with E-state index in [0.717, 1.165) is 12.7 Å². The molecule has 104 valence electrons. The number of nitrogens with zero attached hydrogens (tertiary/aromatic N) is 3. The monoisotopic (exact) mass is 269 g/mol. The lowest BCUT2D eigenvalue weighted by Gasteiger charge is -2.15. The van der Waals surface area contributed by atoms with Crippen molar-refractivity contribution in [3.05, 3.63) is 16.4 Å². The van der Waals surface area contributed by atoms with Gasteiger partial charge in [-0.3, -0.25) is 10.1 Å². The van der Waals surface area contributed by atoms with Gasteiger partial charge in [-0.05, 0) is 19.3 Å². The fourth-order valence-corrected chi connectivity index (χ4v) is 2.00. The van der Waals surface area contributed by atoms with Crippen molar-refractivity contribution in [3.63, 3.8) is 0 Å². The quantitative estimate of drug-likeness (QED) is 0.511. The average Bonchev–Trinajstić information content (AvgIpc) is 2.76. The minimum atomic E-state index is -0.627. The Morgan fingerprint density at radius 1 is 1.58 bits per heavy atom. The molecule has 0 aromatic carbocycles. The van der Waals surface area contributed by atoms with Crippen LogP contribution in [-0.2, 0) is 4.74 Å². The molecular formula is C10H15N5O4. The van der Waals surface area contributed by atoms with Gasteiger partial charge in [0, 0.05) is 6.61 Å². The van der Waals surface area contributed by atoms with Crippen LogP contribution in [0.2, 0.25) is 0 Å². The zero-order valence-corrected chi connectivity index (χ0v) is 10.2. The summed E-state index contributed by atoms with van der Waals surface area (Å²) in [6.45, 7) is 0.0536. The summed E-state index contributed by atoms with van der Waals surface area (Å²) in [5.74, 6) is -0.139. The summed E-state index contributed by atoms with van der Waals surface area (Å²) in [5.41, 5.74) is 5.11. The first-order chi connectivity index (χ1) is 9.11. The van der Waals surface area contributed by atoms with Crippen molar-refractivity contribution >= 4 is 17.3 Å². The molecule has 1 aromatic heterocycles. The van der Waals surface area contributed by atoms with Crippen LogP contribution >= 0.6 is 0 Å². The number of anilines is 2. The first-order valence-corrected chi connectivity index (χ1v) is 5.89. The smallest absolute Gasteiger partial charge is 0.353 e. The molecular weight excluding hydrogens is 254 g/mol. The van der Waals surface area contributed by atoms with Crippen LogP contribution in [0.25, 0.3) is 0 Å². The van der Waals surface area contributed by atoms with Crippen LogP contribution in [0.15, 0.2) is 6.33 Å². The van der Waals surface area contributed by atoms with Crippen LogP contribution in [0.1, 0.15) is 19.3 Å². The van der Waals surface area contributed by atoms with E-state index in [0.29, 0.717) is 12.8 Å². The van der Waals surface area contributed by atoms with Gasteiger partial charge in [0.25, 0.3) is 0 Å². The second-order valence-electron chi connectivity index (χ2n) is 4.19. The number of aliphatic hydroxyl groups excluding tert-OH is 1. The molecule has 2 atom stereocenters. The van der Waals surface area contributed by atoms with Gasteiger partial charge in [0.05, 0.1) is 11.0 Å². The van der Waals surface area contributed by atoms with Gasteiger partial charge in [-0.1, -0.05) is 0 Å². The molecule has 1 fully saturated rings. The van der Waals surface area contributed by atoms with Gasteiger partial charge in [-0.2, -0.15) is 0 Å². The first-order valence-electron chi connectivity index (χ1n) is 5.89. The number of hydrogen-bond donors (Lipinski definition) is 3. The highest BCUT2D eigenvalue weighted by Gasteiger charge is 2.28. The zero-order chi connectivity index (χ0) is 13.8. The van der Waals surface area contributed by atoms with Crippen molar-refractivity contribution in [3.8, 4) is 0 Å². The van der Waals surface area contributed by atoms with Gasteiger partial charge in [0.15, 0.2) is 0 Å². The summed E-state index contributed by atoms with van der Waals surface area (Å²) >= 11 is 0. The second-order valence-corrected chi connectivity index (χ2v) is 4.19. The highest BCUT2D eigenvalue weighted by atomic mass is 16.6. The second kappa shape index (κ2) is 5.76.